The number of carbonyl (C=O) groups is 2. The van der Waals surface area contributed by atoms with Gasteiger partial charge in [0.2, 0.25) is 0 Å². The first-order valence-corrected chi connectivity index (χ1v) is 12.7. The summed E-state index contributed by atoms with van der Waals surface area (Å²) in [4.78, 5) is 32.5. The van der Waals surface area contributed by atoms with E-state index in [-0.39, 0.29) is 17.9 Å². The van der Waals surface area contributed by atoms with Crippen LogP contribution < -0.4 is 5.32 Å². The number of benzene rings is 2. The SMILES string of the molecule is Cc1ccc(-c2cn3c(n2)sc2cc(C(=O)NCC4CCN(C(=O)OC(C)(C)C)C4)ccc23)cc1. The third kappa shape index (κ3) is 5.03. The van der Waals surface area contributed by atoms with Crippen LogP contribution in [0.1, 0.15) is 43.1 Å². The molecule has 1 saturated heterocycles. The summed E-state index contributed by atoms with van der Waals surface area (Å²) in [5.41, 5.74) is 4.41. The van der Waals surface area contributed by atoms with Gasteiger partial charge in [0.05, 0.1) is 15.9 Å². The molecule has 2 aromatic carbocycles. The van der Waals surface area contributed by atoms with E-state index in [4.69, 9.17) is 9.72 Å². The third-order valence-electron chi connectivity index (χ3n) is 6.19. The molecule has 1 atom stereocenters. The molecule has 182 valence electrons. The average Bonchev–Trinajstić information content (AvgIpc) is 3.51. The van der Waals surface area contributed by atoms with Crippen molar-refractivity contribution < 1.29 is 14.3 Å². The molecule has 0 bridgehead atoms. The lowest BCUT2D eigenvalue weighted by Crippen LogP contribution is -2.36. The zero-order valence-corrected chi connectivity index (χ0v) is 21.3. The Bertz CT molecular complexity index is 1400. The van der Waals surface area contributed by atoms with E-state index in [2.05, 4.69) is 47.1 Å². The molecular weight excluding hydrogens is 460 g/mol. The van der Waals surface area contributed by atoms with Gasteiger partial charge >= 0.3 is 6.09 Å². The van der Waals surface area contributed by atoms with E-state index in [9.17, 15) is 9.59 Å². The Labute approximate surface area is 208 Å². The molecule has 0 aliphatic carbocycles. The van der Waals surface area contributed by atoms with Gasteiger partial charge in [0.25, 0.3) is 5.91 Å². The quantitative estimate of drug-likeness (QED) is 0.409. The fourth-order valence-electron chi connectivity index (χ4n) is 4.34. The second kappa shape index (κ2) is 9.00. The second-order valence-corrected chi connectivity index (χ2v) is 11.2. The number of likely N-dealkylation sites (tertiary alicyclic amines) is 1. The zero-order valence-electron chi connectivity index (χ0n) is 20.5. The number of carbonyl (C=O) groups excluding carboxylic acids is 2. The number of fused-ring (bicyclic) bond motifs is 3. The average molecular weight is 491 g/mol. The van der Waals surface area contributed by atoms with Crippen LogP contribution in [-0.4, -0.2) is 51.5 Å². The minimum atomic E-state index is -0.506. The van der Waals surface area contributed by atoms with Crippen molar-refractivity contribution in [1.82, 2.24) is 19.6 Å². The van der Waals surface area contributed by atoms with Gasteiger partial charge in [-0.2, -0.15) is 0 Å². The summed E-state index contributed by atoms with van der Waals surface area (Å²) in [6.07, 6.45) is 2.61. The Hall–Kier alpha value is -3.39. The summed E-state index contributed by atoms with van der Waals surface area (Å²) in [6.45, 7) is 9.45. The molecule has 5 rings (SSSR count). The van der Waals surface area contributed by atoms with Gasteiger partial charge in [-0.1, -0.05) is 41.2 Å². The van der Waals surface area contributed by atoms with Crippen molar-refractivity contribution in [3.05, 3.63) is 59.8 Å². The van der Waals surface area contributed by atoms with E-state index in [1.807, 2.05) is 39.0 Å². The van der Waals surface area contributed by atoms with E-state index in [0.29, 0.717) is 25.2 Å². The molecule has 0 spiro atoms. The molecule has 1 fully saturated rings. The molecule has 1 N–H and O–H groups in total. The van der Waals surface area contributed by atoms with Gasteiger partial charge in [0, 0.05) is 37.0 Å². The maximum atomic E-state index is 12.8. The predicted octanol–water partition coefficient (Wildman–Crippen LogP) is 5.51. The highest BCUT2D eigenvalue weighted by atomic mass is 32.1. The van der Waals surface area contributed by atoms with Crippen molar-refractivity contribution in [3.63, 3.8) is 0 Å². The second-order valence-electron chi connectivity index (χ2n) is 10.2. The van der Waals surface area contributed by atoms with Crippen LogP contribution in [0, 0.1) is 12.8 Å². The molecule has 0 radical (unpaired) electrons. The fourth-order valence-corrected chi connectivity index (χ4v) is 5.38. The summed E-state index contributed by atoms with van der Waals surface area (Å²) < 4.78 is 8.56. The van der Waals surface area contributed by atoms with Crippen molar-refractivity contribution in [2.24, 2.45) is 5.92 Å². The molecule has 1 aliphatic heterocycles. The Morgan fingerprint density at radius 2 is 1.94 bits per heavy atom. The third-order valence-corrected chi connectivity index (χ3v) is 7.21. The van der Waals surface area contributed by atoms with E-state index in [0.717, 1.165) is 32.9 Å². The number of nitrogens with one attached hydrogen (secondary N) is 1. The number of hydrogen-bond acceptors (Lipinski definition) is 5. The van der Waals surface area contributed by atoms with Crippen LogP contribution in [0.25, 0.3) is 26.4 Å². The fraction of sp³-hybridized carbons (Fsp3) is 0.370. The molecule has 2 aromatic heterocycles. The van der Waals surface area contributed by atoms with Crippen LogP contribution in [-0.2, 0) is 4.74 Å². The first-order chi connectivity index (χ1) is 16.7. The van der Waals surface area contributed by atoms with Crippen LogP contribution in [0.15, 0.2) is 48.7 Å². The summed E-state index contributed by atoms with van der Waals surface area (Å²) >= 11 is 1.58. The van der Waals surface area contributed by atoms with Gasteiger partial charge in [-0.25, -0.2) is 9.78 Å². The van der Waals surface area contributed by atoms with E-state index in [1.54, 1.807) is 16.2 Å². The standard InChI is InChI=1S/C27H30N4O3S/c1-17-5-7-19(8-6-17)21-16-31-22-10-9-20(13-23(22)35-25(31)29-21)24(32)28-14-18-11-12-30(15-18)26(33)34-27(2,3)4/h5-10,13,16,18H,11-12,14-15H2,1-4H3,(H,28,32). The molecule has 0 saturated carbocycles. The number of aromatic nitrogens is 2. The van der Waals surface area contributed by atoms with Crippen LogP contribution in [0.2, 0.25) is 0 Å². The van der Waals surface area contributed by atoms with Crippen LogP contribution >= 0.6 is 11.3 Å². The lowest BCUT2D eigenvalue weighted by Gasteiger charge is -2.24. The maximum absolute atomic E-state index is 12.8. The highest BCUT2D eigenvalue weighted by Gasteiger charge is 2.30. The number of aryl methyl sites for hydroxylation is 1. The molecule has 1 aliphatic rings. The van der Waals surface area contributed by atoms with Crippen LogP contribution in [0.5, 0.6) is 0 Å². The first-order valence-electron chi connectivity index (χ1n) is 11.9. The number of imidazole rings is 1. The summed E-state index contributed by atoms with van der Waals surface area (Å²) in [5, 5.41) is 3.04. The van der Waals surface area contributed by atoms with Crippen LogP contribution in [0.3, 0.4) is 0 Å². The Morgan fingerprint density at radius 1 is 1.17 bits per heavy atom. The molecule has 7 nitrogen and oxygen atoms in total. The Morgan fingerprint density at radius 3 is 2.69 bits per heavy atom. The van der Waals surface area contributed by atoms with Crippen molar-refractivity contribution in [2.75, 3.05) is 19.6 Å². The number of ether oxygens (including phenoxy) is 1. The number of thiazole rings is 1. The van der Waals surface area contributed by atoms with Crippen molar-refractivity contribution >= 4 is 38.5 Å². The number of rotatable bonds is 4. The lowest BCUT2D eigenvalue weighted by atomic mass is 10.1. The van der Waals surface area contributed by atoms with Crippen molar-refractivity contribution in [3.8, 4) is 11.3 Å². The summed E-state index contributed by atoms with van der Waals surface area (Å²) in [6, 6.07) is 14.1. The monoisotopic (exact) mass is 490 g/mol. The molecule has 2 amide bonds. The van der Waals surface area contributed by atoms with Gasteiger partial charge in [-0.15, -0.1) is 0 Å². The molecule has 3 heterocycles. The topological polar surface area (TPSA) is 75.9 Å². The van der Waals surface area contributed by atoms with Crippen molar-refractivity contribution in [2.45, 2.75) is 39.7 Å². The largest absolute Gasteiger partial charge is 0.444 e. The maximum Gasteiger partial charge on any atom is 0.410 e. The Balaban J connectivity index is 1.23. The number of amides is 2. The Kier molecular flexibility index (Phi) is 6.01. The zero-order chi connectivity index (χ0) is 24.7. The highest BCUT2D eigenvalue weighted by molar-refractivity contribution is 7.23. The normalized spacial score (nSPS) is 16.2. The summed E-state index contributed by atoms with van der Waals surface area (Å²) in [5.74, 6) is 0.120. The van der Waals surface area contributed by atoms with Crippen molar-refractivity contribution in [1.29, 1.82) is 0 Å². The lowest BCUT2D eigenvalue weighted by molar-refractivity contribution is 0.0288. The van der Waals surface area contributed by atoms with Crippen LogP contribution in [0.4, 0.5) is 4.79 Å². The first kappa shape index (κ1) is 23.4. The van der Waals surface area contributed by atoms with Gasteiger partial charge in [-0.05, 0) is 58.2 Å². The van der Waals surface area contributed by atoms with Gasteiger partial charge < -0.3 is 15.0 Å². The number of hydrogen-bond donors (Lipinski definition) is 1. The summed E-state index contributed by atoms with van der Waals surface area (Å²) in [7, 11) is 0. The molecule has 8 heteroatoms. The van der Waals surface area contributed by atoms with E-state index >= 15 is 0 Å². The molecular formula is C27H30N4O3S. The minimum absolute atomic E-state index is 0.103. The molecule has 1 unspecified atom stereocenters. The predicted molar refractivity (Wildman–Crippen MR) is 139 cm³/mol. The molecule has 35 heavy (non-hydrogen) atoms. The highest BCUT2D eigenvalue weighted by Crippen LogP contribution is 2.30. The molecule has 4 aromatic rings. The van der Waals surface area contributed by atoms with Gasteiger partial charge in [0.1, 0.15) is 5.60 Å². The van der Waals surface area contributed by atoms with E-state index in [1.165, 1.54) is 5.56 Å². The van der Waals surface area contributed by atoms with Gasteiger partial charge in [0.15, 0.2) is 4.96 Å². The number of nitrogens with zero attached hydrogens (tertiary/aromatic N) is 3. The van der Waals surface area contributed by atoms with E-state index < -0.39 is 5.60 Å². The van der Waals surface area contributed by atoms with Gasteiger partial charge in [-0.3, -0.25) is 9.20 Å². The minimum Gasteiger partial charge on any atom is -0.444 e. The smallest absolute Gasteiger partial charge is 0.410 e.